The molecule has 2 aromatic rings. The van der Waals surface area contributed by atoms with Gasteiger partial charge in [-0.15, -0.1) is 0 Å². The van der Waals surface area contributed by atoms with Gasteiger partial charge in [0.2, 0.25) is 5.13 Å². The molecule has 18 heavy (non-hydrogen) atoms. The summed E-state index contributed by atoms with van der Waals surface area (Å²) in [5.74, 6) is -0.171. The summed E-state index contributed by atoms with van der Waals surface area (Å²) in [6.45, 7) is 6.66. The second-order valence-corrected chi connectivity index (χ2v) is 5.60. The van der Waals surface area contributed by atoms with Gasteiger partial charge < -0.3 is 5.32 Å². The molecule has 2 rings (SSSR count). The molecule has 0 bridgehead atoms. The van der Waals surface area contributed by atoms with E-state index in [0.29, 0.717) is 17.2 Å². The van der Waals surface area contributed by atoms with E-state index in [4.69, 9.17) is 0 Å². The molecule has 1 aromatic carbocycles. The van der Waals surface area contributed by atoms with Crippen molar-refractivity contribution < 1.29 is 4.39 Å². The Labute approximate surface area is 109 Å². The first-order valence-electron chi connectivity index (χ1n) is 5.64. The molecule has 0 aliphatic carbocycles. The lowest BCUT2D eigenvalue weighted by Gasteiger charge is -2.25. The van der Waals surface area contributed by atoms with Crippen LogP contribution in [0.2, 0.25) is 0 Å². The van der Waals surface area contributed by atoms with Crippen LogP contribution in [0, 0.1) is 12.7 Å². The molecule has 0 atom stereocenters. The maximum atomic E-state index is 13.3. The van der Waals surface area contributed by atoms with Crippen molar-refractivity contribution in [2.24, 2.45) is 0 Å². The lowest BCUT2D eigenvalue weighted by Crippen LogP contribution is -2.27. The number of aryl methyl sites for hydroxylation is 1. The average molecular weight is 266 g/mol. The zero-order valence-electron chi connectivity index (χ0n) is 10.6. The number of nitrogens with zero attached hydrogens (tertiary/aromatic N) is 3. The Morgan fingerprint density at radius 1 is 1.39 bits per heavy atom. The van der Waals surface area contributed by atoms with E-state index in [0.717, 1.165) is 5.56 Å². The Hall–Kier alpha value is -1.56. The predicted molar refractivity (Wildman–Crippen MR) is 70.4 cm³/mol. The Kier molecular flexibility index (Phi) is 3.56. The van der Waals surface area contributed by atoms with Crippen LogP contribution in [-0.2, 0) is 5.41 Å². The minimum atomic E-state index is -0.171. The Morgan fingerprint density at radius 2 is 2.17 bits per heavy atom. The third-order valence-electron chi connectivity index (χ3n) is 2.92. The highest BCUT2D eigenvalue weighted by Crippen LogP contribution is 2.25. The van der Waals surface area contributed by atoms with Crippen molar-refractivity contribution in [2.45, 2.75) is 26.2 Å². The molecule has 0 saturated carbocycles. The minimum Gasteiger partial charge on any atom is -0.358 e. The summed E-state index contributed by atoms with van der Waals surface area (Å²) >= 11 is 1.22. The fraction of sp³-hybridized carbons (Fsp3) is 0.417. The maximum Gasteiger partial charge on any atom is 0.225 e. The molecule has 0 aliphatic heterocycles. The number of hydrogen-bond acceptors (Lipinski definition) is 5. The van der Waals surface area contributed by atoms with Crippen molar-refractivity contribution >= 4 is 16.7 Å². The molecule has 1 N–H and O–H groups in total. The van der Waals surface area contributed by atoms with Gasteiger partial charge in [0.25, 0.3) is 0 Å². The Morgan fingerprint density at radius 3 is 2.78 bits per heavy atom. The van der Waals surface area contributed by atoms with Crippen LogP contribution in [-0.4, -0.2) is 21.3 Å². The molecule has 0 aliphatic rings. The van der Waals surface area contributed by atoms with Crippen LogP contribution in [0.15, 0.2) is 18.2 Å². The Balaban J connectivity index is 2.11. The van der Waals surface area contributed by atoms with Crippen LogP contribution in [0.4, 0.5) is 9.52 Å². The number of rotatable bonds is 4. The van der Waals surface area contributed by atoms with Crippen molar-refractivity contribution in [3.8, 4) is 0 Å². The molecule has 96 valence electrons. The molecule has 0 amide bonds. The highest BCUT2D eigenvalue weighted by atomic mass is 32.1. The smallest absolute Gasteiger partial charge is 0.225 e. The van der Waals surface area contributed by atoms with E-state index in [-0.39, 0.29) is 11.2 Å². The van der Waals surface area contributed by atoms with Crippen LogP contribution in [0.5, 0.6) is 0 Å². The molecule has 1 aromatic heterocycles. The number of halogens is 1. The zero-order valence-corrected chi connectivity index (χ0v) is 11.4. The van der Waals surface area contributed by atoms with Gasteiger partial charge >= 0.3 is 0 Å². The molecule has 1 heterocycles. The fourth-order valence-electron chi connectivity index (χ4n) is 1.67. The molecule has 6 heteroatoms. The SMILES string of the molecule is Cc1cc(C(C)(C)CNc2nnns2)ccc1F. The van der Waals surface area contributed by atoms with Gasteiger partial charge in [0.15, 0.2) is 0 Å². The van der Waals surface area contributed by atoms with Crippen molar-refractivity contribution in [3.05, 3.63) is 35.1 Å². The van der Waals surface area contributed by atoms with Crippen LogP contribution in [0.3, 0.4) is 0 Å². The van der Waals surface area contributed by atoms with Gasteiger partial charge in [-0.25, -0.2) is 4.39 Å². The Bertz CT molecular complexity index is 525. The van der Waals surface area contributed by atoms with E-state index in [1.807, 2.05) is 12.1 Å². The van der Waals surface area contributed by atoms with Crippen LogP contribution in [0.1, 0.15) is 25.0 Å². The van der Waals surface area contributed by atoms with Gasteiger partial charge in [-0.3, -0.25) is 0 Å². The van der Waals surface area contributed by atoms with Gasteiger partial charge in [-0.2, -0.15) is 0 Å². The van der Waals surface area contributed by atoms with Gasteiger partial charge in [0.05, 0.1) is 0 Å². The van der Waals surface area contributed by atoms with Crippen molar-refractivity contribution in [3.63, 3.8) is 0 Å². The van der Waals surface area contributed by atoms with Crippen molar-refractivity contribution in [2.75, 3.05) is 11.9 Å². The van der Waals surface area contributed by atoms with Crippen LogP contribution < -0.4 is 5.32 Å². The molecule has 0 spiro atoms. The summed E-state index contributed by atoms with van der Waals surface area (Å²) in [4.78, 5) is 0. The first-order valence-corrected chi connectivity index (χ1v) is 6.42. The predicted octanol–water partition coefficient (Wildman–Crippen LogP) is 2.77. The first kappa shape index (κ1) is 12.9. The van der Waals surface area contributed by atoms with Crippen molar-refractivity contribution in [1.82, 2.24) is 14.8 Å². The number of aromatic nitrogens is 3. The van der Waals surface area contributed by atoms with Gasteiger partial charge in [-0.05, 0) is 29.3 Å². The molecular weight excluding hydrogens is 251 g/mol. The fourth-order valence-corrected chi connectivity index (χ4v) is 2.03. The number of benzene rings is 1. The highest BCUT2D eigenvalue weighted by Gasteiger charge is 2.21. The summed E-state index contributed by atoms with van der Waals surface area (Å²) in [6.07, 6.45) is 0. The molecule has 4 nitrogen and oxygen atoms in total. The quantitative estimate of drug-likeness (QED) is 0.924. The third kappa shape index (κ3) is 2.81. The standard InChI is InChI=1S/C12H15FN4S/c1-8-6-9(4-5-10(8)13)12(2,3)7-14-11-15-16-17-18-11/h4-6H,7H2,1-3H3,(H,14,15,17). The molecule has 0 fully saturated rings. The summed E-state index contributed by atoms with van der Waals surface area (Å²) < 4.78 is 16.9. The van der Waals surface area contributed by atoms with Gasteiger partial charge in [0, 0.05) is 23.5 Å². The third-order valence-corrected chi connectivity index (χ3v) is 3.47. The minimum absolute atomic E-state index is 0.121. The number of nitrogens with one attached hydrogen (secondary N) is 1. The number of hydrogen-bond donors (Lipinski definition) is 1. The largest absolute Gasteiger partial charge is 0.358 e. The van der Waals surface area contributed by atoms with Crippen LogP contribution >= 0.6 is 11.5 Å². The summed E-state index contributed by atoms with van der Waals surface area (Å²) in [7, 11) is 0. The van der Waals surface area contributed by atoms with E-state index in [2.05, 4.69) is 34.0 Å². The normalized spacial score (nSPS) is 11.6. The average Bonchev–Trinajstić information content (AvgIpc) is 2.83. The monoisotopic (exact) mass is 266 g/mol. The van der Waals surface area contributed by atoms with Gasteiger partial charge in [0.1, 0.15) is 5.82 Å². The number of anilines is 1. The second kappa shape index (κ2) is 4.97. The topological polar surface area (TPSA) is 50.7 Å². The molecular formula is C12H15FN4S. The van der Waals surface area contributed by atoms with E-state index in [1.165, 1.54) is 17.6 Å². The van der Waals surface area contributed by atoms with Gasteiger partial charge in [-0.1, -0.05) is 35.6 Å². The molecule has 0 radical (unpaired) electrons. The summed E-state index contributed by atoms with van der Waals surface area (Å²) in [5.41, 5.74) is 1.63. The van der Waals surface area contributed by atoms with E-state index in [1.54, 1.807) is 6.92 Å². The van der Waals surface area contributed by atoms with E-state index >= 15 is 0 Å². The lowest BCUT2D eigenvalue weighted by atomic mass is 9.84. The first-order chi connectivity index (χ1) is 8.49. The maximum absolute atomic E-state index is 13.3. The lowest BCUT2D eigenvalue weighted by molar-refractivity contribution is 0.551. The summed E-state index contributed by atoms with van der Waals surface area (Å²) in [5, 5.41) is 11.2. The second-order valence-electron chi connectivity index (χ2n) is 4.87. The molecule has 0 unspecified atom stereocenters. The van der Waals surface area contributed by atoms with E-state index in [9.17, 15) is 4.39 Å². The summed E-state index contributed by atoms with van der Waals surface area (Å²) in [6, 6.07) is 5.22. The van der Waals surface area contributed by atoms with E-state index < -0.39 is 0 Å². The highest BCUT2D eigenvalue weighted by molar-refractivity contribution is 7.09. The van der Waals surface area contributed by atoms with Crippen molar-refractivity contribution in [1.29, 1.82) is 0 Å². The molecule has 0 saturated heterocycles. The zero-order chi connectivity index (χ0) is 13.2. The van der Waals surface area contributed by atoms with Crippen LogP contribution in [0.25, 0.3) is 0 Å².